The summed E-state index contributed by atoms with van der Waals surface area (Å²) in [5, 5.41) is 2.65. The highest BCUT2D eigenvalue weighted by Crippen LogP contribution is 2.40. The SMILES string of the molecule is COc1ccc(Cl)c(Oc2c(NS(=O)(=O)c3ccc(OC)c(CCC(=O)N4CCOCC4)c3)ncnc2OCCOC(=O)Nc2ccccn2)c1. The molecule has 18 heteroatoms. The molecule has 5 rings (SSSR count). The van der Waals surface area contributed by atoms with Crippen LogP contribution in [-0.2, 0) is 30.7 Å². The number of anilines is 2. The largest absolute Gasteiger partial charge is 0.497 e. The van der Waals surface area contributed by atoms with Crippen molar-refractivity contribution in [2.24, 2.45) is 0 Å². The first kappa shape index (κ1) is 36.9. The molecule has 1 saturated heterocycles. The van der Waals surface area contributed by atoms with Crippen molar-refractivity contribution in [2.45, 2.75) is 17.7 Å². The van der Waals surface area contributed by atoms with Crippen molar-refractivity contribution >= 4 is 45.3 Å². The second kappa shape index (κ2) is 17.5. The number of hydrogen-bond acceptors (Lipinski definition) is 13. The molecule has 0 atom stereocenters. The Kier molecular flexibility index (Phi) is 12.7. The van der Waals surface area contributed by atoms with Gasteiger partial charge in [-0.05, 0) is 54.4 Å². The number of nitrogens with zero attached hydrogens (tertiary/aromatic N) is 4. The molecule has 1 aliphatic rings. The van der Waals surface area contributed by atoms with E-state index in [0.29, 0.717) is 49.2 Å². The summed E-state index contributed by atoms with van der Waals surface area (Å²) in [5.41, 5.74) is 0.514. The Balaban J connectivity index is 1.36. The van der Waals surface area contributed by atoms with E-state index in [1.54, 1.807) is 29.2 Å². The summed E-state index contributed by atoms with van der Waals surface area (Å²) in [6.07, 6.45) is 2.20. The number of carbonyl (C=O) groups excluding carboxylic acids is 2. The van der Waals surface area contributed by atoms with Crippen LogP contribution in [-0.4, -0.2) is 94.0 Å². The Labute approximate surface area is 299 Å². The fourth-order valence-electron chi connectivity index (χ4n) is 4.79. The zero-order valence-corrected chi connectivity index (χ0v) is 29.2. The number of sulfonamides is 1. The Morgan fingerprint density at radius 1 is 0.961 bits per heavy atom. The van der Waals surface area contributed by atoms with E-state index in [1.807, 2.05) is 0 Å². The van der Waals surface area contributed by atoms with E-state index in [9.17, 15) is 18.0 Å². The highest BCUT2D eigenvalue weighted by Gasteiger charge is 2.25. The van der Waals surface area contributed by atoms with Crippen LogP contribution in [0.4, 0.5) is 16.4 Å². The van der Waals surface area contributed by atoms with E-state index in [0.717, 1.165) is 6.33 Å². The first-order valence-corrected chi connectivity index (χ1v) is 17.4. The Bertz CT molecular complexity index is 1930. The van der Waals surface area contributed by atoms with Gasteiger partial charge in [0.1, 0.15) is 42.6 Å². The summed E-state index contributed by atoms with van der Waals surface area (Å²) in [4.78, 5) is 38.8. The van der Waals surface area contributed by atoms with Crippen LogP contribution in [0.2, 0.25) is 5.02 Å². The first-order valence-electron chi connectivity index (χ1n) is 15.6. The molecule has 0 saturated carbocycles. The van der Waals surface area contributed by atoms with Crippen molar-refractivity contribution in [1.82, 2.24) is 19.9 Å². The average molecular weight is 743 g/mol. The van der Waals surface area contributed by atoms with E-state index in [2.05, 4.69) is 25.0 Å². The van der Waals surface area contributed by atoms with Crippen LogP contribution >= 0.6 is 11.6 Å². The number of carbonyl (C=O) groups is 2. The highest BCUT2D eigenvalue weighted by molar-refractivity contribution is 7.92. The lowest BCUT2D eigenvalue weighted by molar-refractivity contribution is -0.135. The molecule has 2 N–H and O–H groups in total. The second-order valence-corrected chi connectivity index (χ2v) is 12.7. The van der Waals surface area contributed by atoms with Gasteiger partial charge in [-0.2, -0.15) is 4.98 Å². The summed E-state index contributed by atoms with van der Waals surface area (Å²) in [7, 11) is -1.41. The van der Waals surface area contributed by atoms with Gasteiger partial charge in [0.25, 0.3) is 15.9 Å². The van der Waals surface area contributed by atoms with Gasteiger partial charge in [0.05, 0.1) is 37.4 Å². The van der Waals surface area contributed by atoms with Crippen LogP contribution in [0.15, 0.2) is 72.0 Å². The maximum atomic E-state index is 13.8. The third kappa shape index (κ3) is 10.1. The number of aromatic nitrogens is 3. The monoisotopic (exact) mass is 742 g/mol. The molecule has 1 aliphatic heterocycles. The molecule has 0 spiro atoms. The molecule has 3 heterocycles. The predicted molar refractivity (Wildman–Crippen MR) is 184 cm³/mol. The fourth-order valence-corrected chi connectivity index (χ4v) is 6.01. The van der Waals surface area contributed by atoms with E-state index >= 15 is 0 Å². The lowest BCUT2D eigenvalue weighted by atomic mass is 10.1. The molecular weight excluding hydrogens is 708 g/mol. The van der Waals surface area contributed by atoms with Crippen LogP contribution in [0.3, 0.4) is 0 Å². The smallest absolute Gasteiger partial charge is 0.412 e. The lowest BCUT2D eigenvalue weighted by Crippen LogP contribution is -2.40. The number of amides is 2. The first-order chi connectivity index (χ1) is 24.7. The summed E-state index contributed by atoms with van der Waals surface area (Å²) < 4.78 is 63.0. The van der Waals surface area contributed by atoms with Crippen molar-refractivity contribution in [3.63, 3.8) is 0 Å². The number of aryl methyl sites for hydroxylation is 1. The molecule has 2 aromatic heterocycles. The molecule has 2 aromatic carbocycles. The number of morpholine rings is 1. The molecular formula is C33H35ClN6O10S. The summed E-state index contributed by atoms with van der Waals surface area (Å²) in [6, 6.07) is 13.9. The van der Waals surface area contributed by atoms with E-state index in [1.165, 1.54) is 50.7 Å². The molecule has 0 unspecified atom stereocenters. The molecule has 0 bridgehead atoms. The van der Waals surface area contributed by atoms with Gasteiger partial charge >= 0.3 is 6.09 Å². The van der Waals surface area contributed by atoms with Crippen LogP contribution in [0.25, 0.3) is 0 Å². The van der Waals surface area contributed by atoms with Crippen molar-refractivity contribution in [3.05, 3.63) is 77.7 Å². The van der Waals surface area contributed by atoms with E-state index in [4.69, 9.17) is 40.0 Å². The maximum absolute atomic E-state index is 13.8. The number of ether oxygens (including phenoxy) is 6. The molecule has 1 fully saturated rings. The van der Waals surface area contributed by atoms with Crippen LogP contribution in [0.1, 0.15) is 12.0 Å². The normalized spacial score (nSPS) is 12.8. The second-order valence-electron chi connectivity index (χ2n) is 10.7. The van der Waals surface area contributed by atoms with Gasteiger partial charge in [-0.3, -0.25) is 14.8 Å². The van der Waals surface area contributed by atoms with Gasteiger partial charge in [-0.25, -0.2) is 23.2 Å². The molecule has 4 aromatic rings. The Morgan fingerprint density at radius 2 is 1.78 bits per heavy atom. The van der Waals surface area contributed by atoms with Crippen molar-refractivity contribution in [2.75, 3.05) is 63.8 Å². The van der Waals surface area contributed by atoms with E-state index < -0.39 is 16.1 Å². The summed E-state index contributed by atoms with van der Waals surface area (Å²) in [5.74, 6) is 0.428. The van der Waals surface area contributed by atoms with Gasteiger partial charge in [0.2, 0.25) is 11.7 Å². The number of methoxy groups -OCH3 is 2. The van der Waals surface area contributed by atoms with Crippen molar-refractivity contribution in [3.8, 4) is 28.9 Å². The Morgan fingerprint density at radius 3 is 2.53 bits per heavy atom. The molecule has 51 heavy (non-hydrogen) atoms. The van der Waals surface area contributed by atoms with Crippen molar-refractivity contribution in [1.29, 1.82) is 0 Å². The number of halogens is 1. The zero-order valence-electron chi connectivity index (χ0n) is 27.7. The van der Waals surface area contributed by atoms with Crippen LogP contribution < -0.4 is 29.0 Å². The molecule has 2 amide bonds. The minimum Gasteiger partial charge on any atom is -0.497 e. The van der Waals surface area contributed by atoms with Crippen LogP contribution in [0.5, 0.6) is 28.9 Å². The van der Waals surface area contributed by atoms with Gasteiger partial charge in [0.15, 0.2) is 5.82 Å². The van der Waals surface area contributed by atoms with Crippen LogP contribution in [0, 0.1) is 0 Å². The maximum Gasteiger partial charge on any atom is 0.412 e. The van der Waals surface area contributed by atoms with Gasteiger partial charge in [0, 0.05) is 31.8 Å². The molecule has 270 valence electrons. The Hall–Kier alpha value is -5.39. The third-order valence-corrected chi connectivity index (χ3v) is 8.99. The lowest BCUT2D eigenvalue weighted by Gasteiger charge is -2.27. The summed E-state index contributed by atoms with van der Waals surface area (Å²) >= 11 is 6.40. The third-order valence-electron chi connectivity index (χ3n) is 7.34. The number of hydrogen-bond donors (Lipinski definition) is 2. The van der Waals surface area contributed by atoms with Gasteiger partial charge < -0.3 is 33.3 Å². The van der Waals surface area contributed by atoms with E-state index in [-0.39, 0.29) is 65.1 Å². The quantitative estimate of drug-likeness (QED) is 0.162. The van der Waals surface area contributed by atoms with Crippen molar-refractivity contribution < 1.29 is 46.4 Å². The number of rotatable bonds is 15. The minimum atomic E-state index is -4.32. The zero-order chi connectivity index (χ0) is 36.2. The molecule has 16 nitrogen and oxygen atoms in total. The van der Waals surface area contributed by atoms with Gasteiger partial charge in [-0.1, -0.05) is 17.7 Å². The number of nitrogens with one attached hydrogen (secondary N) is 2. The predicted octanol–water partition coefficient (Wildman–Crippen LogP) is 4.55. The highest BCUT2D eigenvalue weighted by atomic mass is 35.5. The van der Waals surface area contributed by atoms with Gasteiger partial charge in [-0.15, -0.1) is 0 Å². The topological polar surface area (TPSA) is 190 Å². The minimum absolute atomic E-state index is 0.0718. The number of benzene rings is 2. The molecule has 0 aliphatic carbocycles. The number of pyridine rings is 1. The average Bonchev–Trinajstić information content (AvgIpc) is 3.14. The standard InChI is InChI=1S/C33H35ClN6O10S/c1-45-23-7-9-25(34)27(20-23)50-30-31(36-21-37-32(30)48-17-18-49-33(42)38-28-5-3-4-12-35-28)39-51(43,44)24-8-10-26(46-2)22(19-24)6-11-29(41)40-13-15-47-16-14-40/h3-5,7-10,12,19-21H,6,11,13-18H2,1-2H3,(H,35,38,42)(H,36,37,39). The fraction of sp³-hybridized carbons (Fsp3) is 0.303. The molecule has 0 radical (unpaired) electrons. The summed E-state index contributed by atoms with van der Waals surface area (Å²) in [6.45, 7) is 1.52.